The highest BCUT2D eigenvalue weighted by Crippen LogP contribution is 2.29. The van der Waals surface area contributed by atoms with Crippen molar-refractivity contribution < 1.29 is 29.2 Å². The number of nitrogens with zero attached hydrogens (tertiary/aromatic N) is 2. The Morgan fingerprint density at radius 2 is 2.20 bits per heavy atom. The summed E-state index contributed by atoms with van der Waals surface area (Å²) in [4.78, 5) is 33.3. The average Bonchev–Trinajstić information content (AvgIpc) is 3.09. The minimum atomic E-state index is -1.67. The van der Waals surface area contributed by atoms with Crippen molar-refractivity contribution in [3.05, 3.63) is 40.4 Å². The number of aryl methyl sites for hydroxylation is 1. The molecule has 3 rings (SSSR count). The number of hydrogen-bond acceptors (Lipinski definition) is 9. The number of nitrogen functional groups attached to an aromatic ring is 1. The highest BCUT2D eigenvalue weighted by Gasteiger charge is 2.38. The second-order valence-corrected chi connectivity index (χ2v) is 8.16. The number of anilines is 1. The smallest absolute Gasteiger partial charge is 0.534 e. The molecule has 0 fully saturated rings. The number of thiazole rings is 1. The van der Waals surface area contributed by atoms with Crippen molar-refractivity contribution in [3.8, 4) is 5.75 Å². The van der Waals surface area contributed by atoms with Crippen molar-refractivity contribution in [2.24, 2.45) is 5.16 Å². The molecule has 1 aliphatic rings. The van der Waals surface area contributed by atoms with Gasteiger partial charge in [-0.2, -0.15) is 0 Å². The number of hydrogen-bond donors (Lipinski definition) is 4. The first-order chi connectivity index (χ1) is 14.1. The quantitative estimate of drug-likeness (QED) is 0.296. The van der Waals surface area contributed by atoms with E-state index in [1.54, 1.807) is 0 Å². The molecule has 1 amide bonds. The lowest BCUT2D eigenvalue weighted by Gasteiger charge is -2.29. The van der Waals surface area contributed by atoms with Crippen LogP contribution in [0.25, 0.3) is 0 Å². The zero-order valence-corrected chi connectivity index (χ0v) is 17.4. The third-order valence-corrected chi connectivity index (χ3v) is 5.17. The molecule has 12 heteroatoms. The maximum absolute atomic E-state index is 12.9. The Kier molecular flexibility index (Phi) is 5.99. The molecule has 0 unspecified atom stereocenters. The molecule has 0 aliphatic carbocycles. The Balaban J connectivity index is 1.84. The monoisotopic (exact) mass is 432 g/mol. The van der Waals surface area contributed by atoms with Gasteiger partial charge < -0.3 is 30.7 Å². The lowest BCUT2D eigenvalue weighted by Crippen LogP contribution is -2.54. The fraction of sp³-hybridized carbons (Fsp3) is 0.333. The number of carbonyl (C=O) groups excluding carboxylic acids is 1. The number of nitrogens with one attached hydrogen (secondary N) is 1. The molecule has 1 aromatic heterocycles. The van der Waals surface area contributed by atoms with E-state index >= 15 is 0 Å². The van der Waals surface area contributed by atoms with Gasteiger partial charge in [-0.05, 0) is 38.3 Å². The summed E-state index contributed by atoms with van der Waals surface area (Å²) in [6, 6.07) is 5.58. The number of amides is 1. The Bertz CT molecular complexity index is 1010. The van der Waals surface area contributed by atoms with Crippen LogP contribution in [0.2, 0.25) is 0 Å². The molecule has 0 spiro atoms. The number of rotatable bonds is 6. The summed E-state index contributed by atoms with van der Waals surface area (Å²) in [7, 11) is -1.28. The van der Waals surface area contributed by atoms with Crippen LogP contribution >= 0.6 is 11.3 Å². The number of oxime groups is 1. The van der Waals surface area contributed by atoms with Gasteiger partial charge in [-0.25, -0.2) is 9.78 Å². The number of aliphatic carboxylic acids is 1. The molecule has 5 N–H and O–H groups in total. The summed E-state index contributed by atoms with van der Waals surface area (Å²) in [5.41, 5.74) is 5.55. The van der Waals surface area contributed by atoms with E-state index in [9.17, 15) is 19.7 Å². The van der Waals surface area contributed by atoms with Gasteiger partial charge in [0.05, 0.1) is 5.94 Å². The number of aromatic nitrogens is 1. The van der Waals surface area contributed by atoms with Gasteiger partial charge >= 0.3 is 13.1 Å². The van der Waals surface area contributed by atoms with Crippen LogP contribution in [0, 0.1) is 6.92 Å². The Morgan fingerprint density at radius 1 is 1.47 bits per heavy atom. The SMILES string of the molecule is Cc1cccc2c1OB(O)[C@@H](NC(=O)/C(=N\OC(C)(C)C(=O)O)c1csc(N)n1)C2. The van der Waals surface area contributed by atoms with Gasteiger partial charge in [0.2, 0.25) is 5.60 Å². The average molecular weight is 432 g/mol. The van der Waals surface area contributed by atoms with Crippen LogP contribution < -0.4 is 15.7 Å². The summed E-state index contributed by atoms with van der Waals surface area (Å²) in [5.74, 6) is -2.15. The molecule has 0 saturated carbocycles. The van der Waals surface area contributed by atoms with E-state index in [-0.39, 0.29) is 16.5 Å². The summed E-state index contributed by atoms with van der Waals surface area (Å²) >= 11 is 1.09. The predicted molar refractivity (Wildman–Crippen MR) is 111 cm³/mol. The normalized spacial score (nSPS) is 16.5. The summed E-state index contributed by atoms with van der Waals surface area (Å²) in [6.07, 6.45) is 0.331. The van der Waals surface area contributed by atoms with Gasteiger partial charge in [-0.1, -0.05) is 23.4 Å². The number of para-hydroxylation sites is 1. The third kappa shape index (κ3) is 4.55. The first-order valence-electron chi connectivity index (χ1n) is 9.03. The van der Waals surface area contributed by atoms with Gasteiger partial charge in [0, 0.05) is 5.38 Å². The summed E-state index contributed by atoms with van der Waals surface area (Å²) < 4.78 is 5.57. The number of carboxylic acids is 1. The largest absolute Gasteiger partial charge is 0.547 e. The van der Waals surface area contributed by atoms with Gasteiger partial charge in [-0.15, -0.1) is 11.3 Å². The Hall–Kier alpha value is -3.12. The minimum absolute atomic E-state index is 0.124. The van der Waals surface area contributed by atoms with E-state index in [0.717, 1.165) is 22.5 Å². The van der Waals surface area contributed by atoms with Crippen molar-refractivity contribution in [2.45, 2.75) is 38.7 Å². The minimum Gasteiger partial charge on any atom is -0.534 e. The number of nitrogens with two attached hydrogens (primary N) is 1. The van der Waals surface area contributed by atoms with Crippen LogP contribution in [-0.2, 0) is 20.8 Å². The van der Waals surface area contributed by atoms with Crippen molar-refractivity contribution in [1.29, 1.82) is 0 Å². The molecule has 2 heterocycles. The van der Waals surface area contributed by atoms with E-state index < -0.39 is 30.5 Å². The van der Waals surface area contributed by atoms with Gasteiger partial charge in [0.1, 0.15) is 11.4 Å². The molecule has 1 atom stereocenters. The van der Waals surface area contributed by atoms with Crippen molar-refractivity contribution in [1.82, 2.24) is 10.3 Å². The van der Waals surface area contributed by atoms with Crippen LogP contribution in [0.5, 0.6) is 5.75 Å². The van der Waals surface area contributed by atoms with Crippen molar-refractivity contribution >= 4 is 41.2 Å². The van der Waals surface area contributed by atoms with E-state index in [2.05, 4.69) is 15.5 Å². The number of carbonyl (C=O) groups is 2. The zero-order valence-electron chi connectivity index (χ0n) is 16.6. The highest BCUT2D eigenvalue weighted by atomic mass is 32.1. The molecule has 1 aliphatic heterocycles. The molecule has 30 heavy (non-hydrogen) atoms. The lowest BCUT2D eigenvalue weighted by atomic mass is 9.72. The summed E-state index contributed by atoms with van der Waals surface area (Å²) in [5, 5.41) is 27.7. The molecule has 1 aromatic carbocycles. The van der Waals surface area contributed by atoms with Crippen molar-refractivity contribution in [2.75, 3.05) is 5.73 Å². The number of fused-ring (bicyclic) bond motifs is 1. The predicted octanol–water partition coefficient (Wildman–Crippen LogP) is 0.757. The van der Waals surface area contributed by atoms with E-state index in [4.69, 9.17) is 15.2 Å². The molecule has 0 saturated heterocycles. The van der Waals surface area contributed by atoms with E-state index in [1.807, 2.05) is 25.1 Å². The Labute approximate surface area is 176 Å². The molecule has 0 radical (unpaired) electrons. The summed E-state index contributed by atoms with van der Waals surface area (Å²) in [6.45, 7) is 4.45. The fourth-order valence-electron chi connectivity index (χ4n) is 2.74. The Morgan fingerprint density at radius 3 is 2.83 bits per heavy atom. The zero-order chi connectivity index (χ0) is 22.1. The fourth-order valence-corrected chi connectivity index (χ4v) is 3.29. The molecule has 158 valence electrons. The maximum atomic E-state index is 12.9. The first kappa shape index (κ1) is 21.6. The molecular weight excluding hydrogens is 411 g/mol. The first-order valence-corrected chi connectivity index (χ1v) is 9.91. The van der Waals surface area contributed by atoms with Crippen LogP contribution in [0.15, 0.2) is 28.7 Å². The standard InChI is InChI=1S/C18H21BN4O6S/c1-9-5-4-6-10-7-12(19(27)28-14(9)10)22-15(24)13(11-8-30-17(20)21-11)23-29-18(2,3)16(25)26/h4-6,8,12,27H,7H2,1-3H3,(H2,20,21)(H,22,24)(H,25,26)/b23-13-/t12-/m0/s1. The van der Waals surface area contributed by atoms with Crippen LogP contribution in [0.1, 0.15) is 30.7 Å². The maximum Gasteiger partial charge on any atom is 0.547 e. The van der Waals surface area contributed by atoms with Crippen molar-refractivity contribution in [3.63, 3.8) is 0 Å². The van der Waals surface area contributed by atoms with Gasteiger partial charge in [-0.3, -0.25) is 4.79 Å². The number of carboxylic acid groups (broad SMARTS) is 1. The molecule has 2 aromatic rings. The molecule has 10 nitrogen and oxygen atoms in total. The molecule has 0 bridgehead atoms. The van der Waals surface area contributed by atoms with Gasteiger partial charge in [0.25, 0.3) is 5.91 Å². The van der Waals surface area contributed by atoms with Crippen LogP contribution in [-0.4, -0.2) is 51.4 Å². The highest BCUT2D eigenvalue weighted by molar-refractivity contribution is 7.13. The van der Waals surface area contributed by atoms with Crippen LogP contribution in [0.4, 0.5) is 5.13 Å². The second-order valence-electron chi connectivity index (χ2n) is 7.27. The topological polar surface area (TPSA) is 156 Å². The van der Waals surface area contributed by atoms with Crippen LogP contribution in [0.3, 0.4) is 0 Å². The van der Waals surface area contributed by atoms with Gasteiger partial charge in [0.15, 0.2) is 10.8 Å². The lowest BCUT2D eigenvalue weighted by molar-refractivity contribution is -0.161. The number of benzene rings is 1. The van der Waals surface area contributed by atoms with E-state index in [1.165, 1.54) is 19.2 Å². The van der Waals surface area contributed by atoms with E-state index in [0.29, 0.717) is 12.2 Å². The molecular formula is C18H21BN4O6S. The third-order valence-electron chi connectivity index (χ3n) is 4.49. The second kappa shape index (κ2) is 8.32.